The number of hydrogen-bond acceptors (Lipinski definition) is 2. The average molecular weight is 309 g/mol. The van der Waals surface area contributed by atoms with Crippen LogP contribution in [-0.2, 0) is 4.79 Å². The Balaban J connectivity index is 0.00000161. The molecule has 2 saturated carbocycles. The summed E-state index contributed by atoms with van der Waals surface area (Å²) >= 11 is 0. The standard InChI is InChI=1S/C17H24N2O.ClH/c18-16(13-4-2-1-3-5-13)10-17(20)19-11-15-9-12-6-7-14(15)8-12;/h1-5,12,14-16H,6-11,18H2,(H,19,20);1H. The van der Waals surface area contributed by atoms with Crippen LogP contribution in [0.15, 0.2) is 30.3 Å². The summed E-state index contributed by atoms with van der Waals surface area (Å²) in [7, 11) is 0. The molecule has 2 aliphatic carbocycles. The molecule has 4 atom stereocenters. The van der Waals surface area contributed by atoms with Crippen LogP contribution in [0.25, 0.3) is 0 Å². The molecule has 2 fully saturated rings. The topological polar surface area (TPSA) is 55.1 Å². The molecule has 0 saturated heterocycles. The van der Waals surface area contributed by atoms with E-state index in [0.717, 1.165) is 23.9 Å². The van der Waals surface area contributed by atoms with Gasteiger partial charge in [-0.25, -0.2) is 0 Å². The molecule has 3 N–H and O–H groups in total. The Morgan fingerprint density at radius 2 is 2.00 bits per heavy atom. The van der Waals surface area contributed by atoms with Gasteiger partial charge in [0.25, 0.3) is 0 Å². The van der Waals surface area contributed by atoms with Gasteiger partial charge < -0.3 is 11.1 Å². The molecule has 0 aliphatic heterocycles. The number of fused-ring (bicyclic) bond motifs is 2. The van der Waals surface area contributed by atoms with Crippen molar-refractivity contribution in [1.82, 2.24) is 5.32 Å². The van der Waals surface area contributed by atoms with E-state index in [1.165, 1.54) is 25.7 Å². The number of amides is 1. The summed E-state index contributed by atoms with van der Waals surface area (Å²) in [5, 5.41) is 3.09. The van der Waals surface area contributed by atoms with Crippen LogP contribution in [0.5, 0.6) is 0 Å². The van der Waals surface area contributed by atoms with Gasteiger partial charge in [0, 0.05) is 19.0 Å². The number of carbonyl (C=O) groups is 1. The number of carbonyl (C=O) groups excluding carboxylic acids is 1. The lowest BCUT2D eigenvalue weighted by Crippen LogP contribution is -2.33. The fourth-order valence-electron chi connectivity index (χ4n) is 3.96. The van der Waals surface area contributed by atoms with Crippen molar-refractivity contribution in [2.75, 3.05) is 6.54 Å². The Morgan fingerprint density at radius 3 is 2.62 bits per heavy atom. The monoisotopic (exact) mass is 308 g/mol. The number of nitrogens with one attached hydrogen (secondary N) is 1. The maximum absolute atomic E-state index is 12.0. The lowest BCUT2D eigenvalue weighted by Gasteiger charge is -2.22. The van der Waals surface area contributed by atoms with Gasteiger partial charge in [-0.05, 0) is 42.6 Å². The highest BCUT2D eigenvalue weighted by atomic mass is 35.5. The van der Waals surface area contributed by atoms with Crippen LogP contribution in [-0.4, -0.2) is 12.5 Å². The fraction of sp³-hybridized carbons (Fsp3) is 0.588. The molecule has 0 heterocycles. The quantitative estimate of drug-likeness (QED) is 0.878. The van der Waals surface area contributed by atoms with Crippen molar-refractivity contribution in [2.45, 2.75) is 38.1 Å². The molecule has 2 aliphatic rings. The first-order valence-corrected chi connectivity index (χ1v) is 7.79. The Morgan fingerprint density at radius 1 is 1.24 bits per heavy atom. The molecule has 21 heavy (non-hydrogen) atoms. The summed E-state index contributed by atoms with van der Waals surface area (Å²) in [6.07, 6.45) is 5.87. The molecule has 4 heteroatoms. The van der Waals surface area contributed by atoms with Crippen LogP contribution in [0.2, 0.25) is 0 Å². The summed E-state index contributed by atoms with van der Waals surface area (Å²) in [5.41, 5.74) is 7.11. The van der Waals surface area contributed by atoms with E-state index >= 15 is 0 Å². The third-order valence-corrected chi connectivity index (χ3v) is 5.08. The molecule has 3 rings (SSSR count). The van der Waals surface area contributed by atoms with Crippen LogP contribution in [0.1, 0.15) is 43.7 Å². The molecule has 1 aromatic rings. The van der Waals surface area contributed by atoms with Gasteiger partial charge in [0.15, 0.2) is 0 Å². The average Bonchev–Trinajstić information content (AvgIpc) is 3.08. The molecule has 1 amide bonds. The van der Waals surface area contributed by atoms with Gasteiger partial charge in [0.2, 0.25) is 5.91 Å². The SMILES string of the molecule is Cl.NC(CC(=O)NCC1CC2CCC1C2)c1ccccc1. The molecule has 4 unspecified atom stereocenters. The number of hydrogen-bond donors (Lipinski definition) is 2. The van der Waals surface area contributed by atoms with Gasteiger partial charge in [-0.2, -0.15) is 0 Å². The van der Waals surface area contributed by atoms with E-state index in [9.17, 15) is 4.79 Å². The molecule has 2 bridgehead atoms. The Hall–Kier alpha value is -1.06. The van der Waals surface area contributed by atoms with E-state index in [-0.39, 0.29) is 24.4 Å². The van der Waals surface area contributed by atoms with Gasteiger partial charge in [0.1, 0.15) is 0 Å². The van der Waals surface area contributed by atoms with E-state index in [2.05, 4.69) is 5.32 Å². The fourth-order valence-corrected chi connectivity index (χ4v) is 3.96. The third kappa shape index (κ3) is 3.98. The first-order chi connectivity index (χ1) is 9.72. The van der Waals surface area contributed by atoms with E-state index in [4.69, 9.17) is 5.73 Å². The van der Waals surface area contributed by atoms with Crippen molar-refractivity contribution in [1.29, 1.82) is 0 Å². The summed E-state index contributed by atoms with van der Waals surface area (Å²) < 4.78 is 0. The van der Waals surface area contributed by atoms with Crippen LogP contribution in [0, 0.1) is 17.8 Å². The van der Waals surface area contributed by atoms with Gasteiger partial charge in [-0.1, -0.05) is 36.8 Å². The minimum atomic E-state index is -0.198. The predicted molar refractivity (Wildman–Crippen MR) is 87.2 cm³/mol. The van der Waals surface area contributed by atoms with Crippen LogP contribution >= 0.6 is 12.4 Å². The molecule has 0 spiro atoms. The summed E-state index contributed by atoms with van der Waals surface area (Å²) in [5.74, 6) is 2.60. The van der Waals surface area contributed by atoms with Gasteiger partial charge in [0.05, 0.1) is 0 Å². The maximum atomic E-state index is 12.0. The van der Waals surface area contributed by atoms with Gasteiger partial charge in [-0.3, -0.25) is 4.79 Å². The van der Waals surface area contributed by atoms with Crippen molar-refractivity contribution < 1.29 is 4.79 Å². The third-order valence-electron chi connectivity index (χ3n) is 5.08. The van der Waals surface area contributed by atoms with E-state index in [1.807, 2.05) is 30.3 Å². The number of halogens is 1. The van der Waals surface area contributed by atoms with Crippen LogP contribution in [0.3, 0.4) is 0 Å². The van der Waals surface area contributed by atoms with E-state index in [0.29, 0.717) is 12.3 Å². The largest absolute Gasteiger partial charge is 0.356 e. The van der Waals surface area contributed by atoms with Gasteiger partial charge in [-0.15, -0.1) is 12.4 Å². The molecule has 0 aromatic heterocycles. The normalized spacial score (nSPS) is 28.0. The summed E-state index contributed by atoms with van der Waals surface area (Å²) in [4.78, 5) is 12.0. The second-order valence-electron chi connectivity index (χ2n) is 6.46. The minimum Gasteiger partial charge on any atom is -0.356 e. The molecular formula is C17H25ClN2O. The van der Waals surface area contributed by atoms with Crippen molar-refractivity contribution in [3.05, 3.63) is 35.9 Å². The van der Waals surface area contributed by atoms with Crippen molar-refractivity contribution in [3.8, 4) is 0 Å². The zero-order valence-corrected chi connectivity index (χ0v) is 13.1. The molecular weight excluding hydrogens is 284 g/mol. The smallest absolute Gasteiger partial charge is 0.221 e. The molecule has 1 aromatic carbocycles. The molecule has 3 nitrogen and oxygen atoms in total. The summed E-state index contributed by atoms with van der Waals surface area (Å²) in [6, 6.07) is 9.65. The Kier molecular flexibility index (Phi) is 5.65. The lowest BCUT2D eigenvalue weighted by atomic mass is 9.89. The second kappa shape index (κ2) is 7.28. The first-order valence-electron chi connectivity index (χ1n) is 7.79. The second-order valence-corrected chi connectivity index (χ2v) is 6.46. The van der Waals surface area contributed by atoms with Crippen molar-refractivity contribution in [3.63, 3.8) is 0 Å². The van der Waals surface area contributed by atoms with Gasteiger partial charge >= 0.3 is 0 Å². The number of nitrogens with two attached hydrogens (primary N) is 1. The Labute approximate surface area is 133 Å². The highest BCUT2D eigenvalue weighted by molar-refractivity contribution is 5.85. The zero-order valence-electron chi connectivity index (χ0n) is 12.3. The molecule has 116 valence electrons. The van der Waals surface area contributed by atoms with E-state index in [1.54, 1.807) is 0 Å². The highest BCUT2D eigenvalue weighted by Gasteiger charge is 2.39. The van der Waals surface area contributed by atoms with E-state index < -0.39 is 0 Å². The first kappa shape index (κ1) is 16.3. The lowest BCUT2D eigenvalue weighted by molar-refractivity contribution is -0.121. The maximum Gasteiger partial charge on any atom is 0.221 e. The highest BCUT2D eigenvalue weighted by Crippen LogP contribution is 2.47. The van der Waals surface area contributed by atoms with Crippen LogP contribution < -0.4 is 11.1 Å². The van der Waals surface area contributed by atoms with Crippen LogP contribution in [0.4, 0.5) is 0 Å². The predicted octanol–water partition coefficient (Wildman–Crippen LogP) is 3.05. The Bertz CT molecular complexity index is 465. The van der Waals surface area contributed by atoms with Crippen molar-refractivity contribution >= 4 is 18.3 Å². The minimum absolute atomic E-state index is 0. The zero-order chi connectivity index (χ0) is 13.9. The molecule has 0 radical (unpaired) electrons. The summed E-state index contributed by atoms with van der Waals surface area (Å²) in [6.45, 7) is 0.849. The number of rotatable bonds is 5. The van der Waals surface area contributed by atoms with Crippen molar-refractivity contribution in [2.24, 2.45) is 23.5 Å². The number of benzene rings is 1.